The van der Waals surface area contributed by atoms with Crippen molar-refractivity contribution >= 4 is 11.8 Å². The van der Waals surface area contributed by atoms with E-state index in [-0.39, 0.29) is 0 Å². The maximum absolute atomic E-state index is 11.1. The molecule has 1 saturated heterocycles. The number of likely N-dealkylation sites (tertiary alicyclic amines) is 1. The van der Waals surface area contributed by atoms with Gasteiger partial charge in [0.05, 0.1) is 0 Å². The number of nitrogens with two attached hydrogens (primary N) is 1. The third-order valence-electron chi connectivity index (χ3n) is 2.58. The largest absolute Gasteiger partial charge is 0.361 e. The molecule has 1 fully saturated rings. The van der Waals surface area contributed by atoms with E-state index in [1.165, 1.54) is 4.90 Å². The molecular weight excluding hydrogens is 182 g/mol. The Morgan fingerprint density at radius 1 is 1.57 bits per heavy atom. The number of rotatable bonds is 2. The van der Waals surface area contributed by atoms with Crippen LogP contribution in [0.1, 0.15) is 6.42 Å². The van der Waals surface area contributed by atoms with Crippen LogP contribution in [0.15, 0.2) is 0 Å². The minimum Gasteiger partial charge on any atom is -0.361 e. The number of likely N-dealkylation sites (N-methyl/N-ethyl adjacent to an activating group) is 1. The minimum absolute atomic E-state index is 0.466. The Labute approximate surface area is 83.8 Å². The first-order valence-corrected chi connectivity index (χ1v) is 4.74. The normalized spacial score (nSPS) is 22.3. The van der Waals surface area contributed by atoms with Crippen LogP contribution in [0.25, 0.3) is 0 Å². The van der Waals surface area contributed by atoms with Crippen LogP contribution in [0, 0.1) is 5.92 Å². The van der Waals surface area contributed by atoms with Gasteiger partial charge in [-0.05, 0) is 25.9 Å². The quantitative estimate of drug-likeness (QED) is 0.573. The molecule has 1 heterocycles. The summed E-state index contributed by atoms with van der Waals surface area (Å²) >= 11 is 0. The Balaban J connectivity index is 2.37. The van der Waals surface area contributed by atoms with Gasteiger partial charge in [0.15, 0.2) is 0 Å². The van der Waals surface area contributed by atoms with Gasteiger partial charge in [-0.15, -0.1) is 0 Å². The second-order valence-electron chi connectivity index (χ2n) is 3.97. The molecule has 0 radical (unpaired) electrons. The van der Waals surface area contributed by atoms with Crippen LogP contribution in [0.3, 0.4) is 0 Å². The lowest BCUT2D eigenvalue weighted by molar-refractivity contribution is -0.143. The summed E-state index contributed by atoms with van der Waals surface area (Å²) in [5.74, 6) is -1.01. The fraction of sp³-hybridized carbons (Fsp3) is 0.778. The standard InChI is InChI=1S/C9H17N3O2/c1-11-4-3-7(5-11)6-12(2)9(14)8(10)13/h7H,3-6H2,1-2H3,(H2,10,13). The van der Waals surface area contributed by atoms with E-state index in [2.05, 4.69) is 11.9 Å². The van der Waals surface area contributed by atoms with Gasteiger partial charge in [-0.3, -0.25) is 9.59 Å². The van der Waals surface area contributed by atoms with Crippen molar-refractivity contribution in [3.8, 4) is 0 Å². The van der Waals surface area contributed by atoms with E-state index in [9.17, 15) is 9.59 Å². The molecule has 1 aliphatic heterocycles. The number of hydrogen-bond donors (Lipinski definition) is 1. The maximum atomic E-state index is 11.1. The molecule has 1 unspecified atom stereocenters. The molecule has 80 valence electrons. The number of hydrogen-bond acceptors (Lipinski definition) is 3. The van der Waals surface area contributed by atoms with E-state index in [0.29, 0.717) is 12.5 Å². The number of carbonyl (C=O) groups is 2. The van der Waals surface area contributed by atoms with Crippen molar-refractivity contribution < 1.29 is 9.59 Å². The molecule has 0 bridgehead atoms. The van der Waals surface area contributed by atoms with Gasteiger partial charge >= 0.3 is 11.8 Å². The summed E-state index contributed by atoms with van der Waals surface area (Å²) in [6.45, 7) is 2.66. The predicted molar refractivity (Wildman–Crippen MR) is 52.4 cm³/mol. The molecular formula is C9H17N3O2. The van der Waals surface area contributed by atoms with Gasteiger partial charge in [-0.2, -0.15) is 0 Å². The van der Waals surface area contributed by atoms with Gasteiger partial charge in [-0.25, -0.2) is 0 Å². The molecule has 0 spiro atoms. The fourth-order valence-corrected chi connectivity index (χ4v) is 1.83. The summed E-state index contributed by atoms with van der Waals surface area (Å²) in [7, 11) is 3.67. The first kappa shape index (κ1) is 11.0. The van der Waals surface area contributed by atoms with Crippen LogP contribution in [-0.2, 0) is 9.59 Å². The van der Waals surface area contributed by atoms with Crippen molar-refractivity contribution in [3.63, 3.8) is 0 Å². The molecule has 0 aliphatic carbocycles. The van der Waals surface area contributed by atoms with Gasteiger partial charge in [0, 0.05) is 20.1 Å². The molecule has 14 heavy (non-hydrogen) atoms. The zero-order valence-corrected chi connectivity index (χ0v) is 8.69. The van der Waals surface area contributed by atoms with E-state index in [1.54, 1.807) is 7.05 Å². The zero-order chi connectivity index (χ0) is 10.7. The highest BCUT2D eigenvalue weighted by atomic mass is 16.2. The summed E-state index contributed by atoms with van der Waals surface area (Å²) in [6, 6.07) is 0. The molecule has 1 aliphatic rings. The summed E-state index contributed by atoms with van der Waals surface area (Å²) in [5.41, 5.74) is 4.90. The predicted octanol–water partition coefficient (Wildman–Crippen LogP) is -1.12. The average molecular weight is 199 g/mol. The summed E-state index contributed by atoms with van der Waals surface area (Å²) < 4.78 is 0. The Bertz CT molecular complexity index is 242. The molecule has 1 rings (SSSR count). The number of nitrogens with zero attached hydrogens (tertiary/aromatic N) is 2. The first-order chi connectivity index (χ1) is 6.50. The molecule has 0 aromatic rings. The molecule has 1 atom stereocenters. The minimum atomic E-state index is -0.876. The third-order valence-corrected chi connectivity index (χ3v) is 2.58. The topological polar surface area (TPSA) is 66.6 Å². The molecule has 0 aromatic heterocycles. The van der Waals surface area contributed by atoms with Crippen LogP contribution >= 0.6 is 0 Å². The third kappa shape index (κ3) is 2.70. The molecule has 5 nitrogen and oxygen atoms in total. The SMILES string of the molecule is CN1CCC(CN(C)C(=O)C(N)=O)C1. The molecule has 2 N–H and O–H groups in total. The summed E-state index contributed by atoms with van der Waals surface area (Å²) in [5, 5.41) is 0. The molecule has 2 amide bonds. The Kier molecular flexibility index (Phi) is 3.46. The first-order valence-electron chi connectivity index (χ1n) is 4.74. The zero-order valence-electron chi connectivity index (χ0n) is 8.69. The van der Waals surface area contributed by atoms with Crippen molar-refractivity contribution in [2.24, 2.45) is 11.7 Å². The van der Waals surface area contributed by atoms with E-state index < -0.39 is 11.8 Å². The van der Waals surface area contributed by atoms with Gasteiger partial charge in [0.1, 0.15) is 0 Å². The van der Waals surface area contributed by atoms with E-state index in [4.69, 9.17) is 5.73 Å². The number of carbonyl (C=O) groups excluding carboxylic acids is 2. The lowest BCUT2D eigenvalue weighted by atomic mass is 10.1. The fourth-order valence-electron chi connectivity index (χ4n) is 1.83. The van der Waals surface area contributed by atoms with Crippen molar-refractivity contribution in [2.75, 3.05) is 33.7 Å². The summed E-state index contributed by atoms with van der Waals surface area (Å²) in [4.78, 5) is 25.4. The van der Waals surface area contributed by atoms with Crippen LogP contribution in [-0.4, -0.2) is 55.3 Å². The molecule has 0 aromatic carbocycles. The smallest absolute Gasteiger partial charge is 0.311 e. The summed E-state index contributed by atoms with van der Waals surface area (Å²) in [6.07, 6.45) is 1.08. The van der Waals surface area contributed by atoms with Crippen LogP contribution in [0.2, 0.25) is 0 Å². The molecule has 5 heteroatoms. The van der Waals surface area contributed by atoms with Crippen molar-refractivity contribution in [1.82, 2.24) is 9.80 Å². The molecule has 0 saturated carbocycles. The number of amides is 2. The van der Waals surface area contributed by atoms with Gasteiger partial charge in [-0.1, -0.05) is 0 Å². The van der Waals surface area contributed by atoms with E-state index >= 15 is 0 Å². The van der Waals surface area contributed by atoms with Crippen molar-refractivity contribution in [1.29, 1.82) is 0 Å². The second kappa shape index (κ2) is 4.41. The lowest BCUT2D eigenvalue weighted by Gasteiger charge is -2.19. The van der Waals surface area contributed by atoms with Crippen molar-refractivity contribution in [3.05, 3.63) is 0 Å². The number of primary amides is 1. The van der Waals surface area contributed by atoms with E-state index in [1.807, 2.05) is 0 Å². The van der Waals surface area contributed by atoms with Crippen LogP contribution in [0.4, 0.5) is 0 Å². The van der Waals surface area contributed by atoms with Crippen LogP contribution < -0.4 is 5.73 Å². The monoisotopic (exact) mass is 199 g/mol. The Morgan fingerprint density at radius 3 is 2.64 bits per heavy atom. The Hall–Kier alpha value is -1.10. The highest BCUT2D eigenvalue weighted by Gasteiger charge is 2.24. The highest BCUT2D eigenvalue weighted by molar-refractivity contribution is 6.34. The second-order valence-corrected chi connectivity index (χ2v) is 3.97. The van der Waals surface area contributed by atoms with Crippen LogP contribution in [0.5, 0.6) is 0 Å². The highest BCUT2D eigenvalue weighted by Crippen LogP contribution is 2.14. The lowest BCUT2D eigenvalue weighted by Crippen LogP contribution is -2.40. The Morgan fingerprint density at radius 2 is 2.21 bits per heavy atom. The average Bonchev–Trinajstić information content (AvgIpc) is 2.49. The maximum Gasteiger partial charge on any atom is 0.311 e. The van der Waals surface area contributed by atoms with Gasteiger partial charge in [0.2, 0.25) is 0 Å². The van der Waals surface area contributed by atoms with Gasteiger partial charge < -0.3 is 15.5 Å². The van der Waals surface area contributed by atoms with Gasteiger partial charge in [0.25, 0.3) is 0 Å². The van der Waals surface area contributed by atoms with Crippen molar-refractivity contribution in [2.45, 2.75) is 6.42 Å². The van der Waals surface area contributed by atoms with E-state index in [0.717, 1.165) is 19.5 Å².